The van der Waals surface area contributed by atoms with Crippen LogP contribution in [-0.4, -0.2) is 45.6 Å². The third-order valence-corrected chi connectivity index (χ3v) is 6.42. The lowest BCUT2D eigenvalue weighted by atomic mass is 9.96. The van der Waals surface area contributed by atoms with E-state index in [2.05, 4.69) is 10.6 Å². The first kappa shape index (κ1) is 31.0. The van der Waals surface area contributed by atoms with Crippen LogP contribution in [0.15, 0.2) is 42.5 Å². The number of phenols is 1. The number of carbonyl (C=O) groups excluding carboxylic acids is 3. The first-order valence-electron chi connectivity index (χ1n) is 12.8. The number of hydrogen-bond donors (Lipinski definition) is 3. The Balaban J connectivity index is 2.60. The average Bonchev–Trinajstić information content (AvgIpc) is 2.81. The van der Waals surface area contributed by atoms with Gasteiger partial charge in [0.15, 0.2) is 0 Å². The Labute approximate surface area is 230 Å². The maximum Gasteiger partial charge on any atom is 0.408 e. The average molecular weight is 546 g/mol. The van der Waals surface area contributed by atoms with E-state index in [1.807, 2.05) is 40.7 Å². The van der Waals surface area contributed by atoms with Gasteiger partial charge in [0.25, 0.3) is 5.91 Å². The second-order valence-corrected chi connectivity index (χ2v) is 11.2. The maximum atomic E-state index is 14.2. The van der Waals surface area contributed by atoms with Gasteiger partial charge >= 0.3 is 6.09 Å². The van der Waals surface area contributed by atoms with Crippen LogP contribution in [0.1, 0.15) is 72.1 Å². The van der Waals surface area contributed by atoms with E-state index in [0.29, 0.717) is 22.7 Å². The van der Waals surface area contributed by atoms with Crippen LogP contribution < -0.4 is 10.6 Å². The molecule has 2 aromatic carbocycles. The molecule has 8 nitrogen and oxygen atoms in total. The highest BCUT2D eigenvalue weighted by molar-refractivity contribution is 6.34. The SMILES string of the molecule is CCC(C)N(C(=O)C(NC(=O)OC(C)(C)C)C(C)C)C(C(=O)Nc1c(C)cccc1Cl)c1cccc(O)c1. The molecular weight excluding hydrogens is 506 g/mol. The van der Waals surface area contributed by atoms with Crippen LogP contribution in [0.2, 0.25) is 5.02 Å². The highest BCUT2D eigenvalue weighted by Crippen LogP contribution is 2.32. The molecule has 0 bridgehead atoms. The summed E-state index contributed by atoms with van der Waals surface area (Å²) in [5.41, 5.74) is 0.865. The van der Waals surface area contributed by atoms with Crippen LogP contribution in [-0.2, 0) is 14.3 Å². The normalized spacial score (nSPS) is 13.8. The molecule has 3 atom stereocenters. The number of nitrogens with one attached hydrogen (secondary N) is 2. The molecule has 3 N–H and O–H groups in total. The van der Waals surface area contributed by atoms with E-state index in [4.69, 9.17) is 16.3 Å². The number of nitrogens with zero attached hydrogens (tertiary/aromatic N) is 1. The van der Waals surface area contributed by atoms with Gasteiger partial charge in [-0.3, -0.25) is 9.59 Å². The third kappa shape index (κ3) is 8.12. The summed E-state index contributed by atoms with van der Waals surface area (Å²) >= 11 is 6.39. The minimum absolute atomic E-state index is 0.0435. The van der Waals surface area contributed by atoms with Crippen molar-refractivity contribution in [3.8, 4) is 5.75 Å². The zero-order valence-electron chi connectivity index (χ0n) is 23.5. The second kappa shape index (κ2) is 13.0. The molecule has 0 aliphatic heterocycles. The number of hydrogen-bond acceptors (Lipinski definition) is 5. The van der Waals surface area contributed by atoms with E-state index < -0.39 is 41.6 Å². The number of carbonyl (C=O) groups is 3. The van der Waals surface area contributed by atoms with E-state index >= 15 is 0 Å². The van der Waals surface area contributed by atoms with Crippen molar-refractivity contribution >= 4 is 35.2 Å². The topological polar surface area (TPSA) is 108 Å². The van der Waals surface area contributed by atoms with Gasteiger partial charge in [-0.1, -0.05) is 56.6 Å². The van der Waals surface area contributed by atoms with Crippen molar-refractivity contribution < 1.29 is 24.2 Å². The monoisotopic (exact) mass is 545 g/mol. The fourth-order valence-electron chi connectivity index (χ4n) is 4.02. The van der Waals surface area contributed by atoms with Crippen LogP contribution in [0.4, 0.5) is 10.5 Å². The van der Waals surface area contributed by atoms with Gasteiger partial charge < -0.3 is 25.4 Å². The molecule has 0 aromatic heterocycles. The van der Waals surface area contributed by atoms with Gasteiger partial charge in [-0.15, -0.1) is 0 Å². The zero-order valence-corrected chi connectivity index (χ0v) is 24.2. The van der Waals surface area contributed by atoms with Gasteiger partial charge in [0.1, 0.15) is 23.4 Å². The minimum atomic E-state index is -1.12. The van der Waals surface area contributed by atoms with Crippen LogP contribution in [0.5, 0.6) is 5.75 Å². The van der Waals surface area contributed by atoms with E-state index in [1.54, 1.807) is 45.0 Å². The Kier molecular flexibility index (Phi) is 10.6. The molecule has 2 rings (SSSR count). The van der Waals surface area contributed by atoms with E-state index in [9.17, 15) is 19.5 Å². The lowest BCUT2D eigenvalue weighted by molar-refractivity contribution is -0.144. The maximum absolute atomic E-state index is 14.2. The molecule has 0 aliphatic carbocycles. The fraction of sp³-hybridized carbons (Fsp3) is 0.483. The summed E-state index contributed by atoms with van der Waals surface area (Å²) in [6.07, 6.45) is -0.185. The number of alkyl carbamates (subject to hydrolysis) is 1. The Morgan fingerprint density at radius 3 is 2.24 bits per heavy atom. The number of anilines is 1. The molecule has 38 heavy (non-hydrogen) atoms. The van der Waals surface area contributed by atoms with E-state index in [1.165, 1.54) is 17.0 Å². The highest BCUT2D eigenvalue weighted by Gasteiger charge is 2.40. The standard InChI is InChI=1S/C29H40ClN3O5/c1-9-19(5)33(27(36)23(17(2)3)32-28(37)38-29(6,7)8)25(20-13-11-14-21(34)16-20)26(35)31-24-18(4)12-10-15-22(24)30/h10-17,19,23,25,34H,9H2,1-8H3,(H,31,35)(H,32,37). The third-order valence-electron chi connectivity index (χ3n) is 6.11. The van der Waals surface area contributed by atoms with Crippen molar-refractivity contribution in [1.82, 2.24) is 10.2 Å². The number of aryl methyl sites for hydroxylation is 1. The Hall–Kier alpha value is -3.26. The van der Waals surface area contributed by atoms with Crippen molar-refractivity contribution in [1.29, 1.82) is 0 Å². The number of benzene rings is 2. The molecule has 0 fully saturated rings. The van der Waals surface area contributed by atoms with Crippen molar-refractivity contribution in [3.63, 3.8) is 0 Å². The smallest absolute Gasteiger partial charge is 0.408 e. The molecule has 0 aliphatic rings. The van der Waals surface area contributed by atoms with Crippen LogP contribution >= 0.6 is 11.6 Å². The molecule has 208 valence electrons. The predicted octanol–water partition coefficient (Wildman–Crippen LogP) is 6.21. The Morgan fingerprint density at radius 1 is 1.08 bits per heavy atom. The molecule has 3 unspecified atom stereocenters. The Morgan fingerprint density at radius 2 is 1.71 bits per heavy atom. The Bertz CT molecular complexity index is 1130. The van der Waals surface area contributed by atoms with Crippen molar-refractivity contribution in [2.75, 3.05) is 5.32 Å². The van der Waals surface area contributed by atoms with Crippen molar-refractivity contribution in [2.24, 2.45) is 5.92 Å². The predicted molar refractivity (Wildman–Crippen MR) is 150 cm³/mol. The highest BCUT2D eigenvalue weighted by atomic mass is 35.5. The van der Waals surface area contributed by atoms with Crippen LogP contribution in [0.3, 0.4) is 0 Å². The molecule has 0 saturated carbocycles. The van der Waals surface area contributed by atoms with Crippen molar-refractivity contribution in [2.45, 2.75) is 85.5 Å². The number of rotatable bonds is 9. The minimum Gasteiger partial charge on any atom is -0.508 e. The molecule has 0 heterocycles. The summed E-state index contributed by atoms with van der Waals surface area (Å²) in [6, 6.07) is 9.04. The molecule has 3 amide bonds. The van der Waals surface area contributed by atoms with Gasteiger partial charge in [0.2, 0.25) is 5.91 Å². The fourth-order valence-corrected chi connectivity index (χ4v) is 4.29. The van der Waals surface area contributed by atoms with Gasteiger partial charge in [-0.2, -0.15) is 0 Å². The van der Waals surface area contributed by atoms with Gasteiger partial charge in [-0.05, 0) is 76.3 Å². The first-order chi connectivity index (χ1) is 17.7. The van der Waals surface area contributed by atoms with Gasteiger partial charge in [-0.25, -0.2) is 4.79 Å². The number of phenolic OH excluding ortho intramolecular Hbond substituents is 1. The largest absolute Gasteiger partial charge is 0.508 e. The summed E-state index contributed by atoms with van der Waals surface area (Å²) in [7, 11) is 0. The van der Waals surface area contributed by atoms with Crippen LogP contribution in [0, 0.1) is 12.8 Å². The van der Waals surface area contributed by atoms with Crippen LogP contribution in [0.25, 0.3) is 0 Å². The summed E-state index contributed by atoms with van der Waals surface area (Å²) < 4.78 is 5.40. The van der Waals surface area contributed by atoms with E-state index in [0.717, 1.165) is 5.56 Å². The second-order valence-electron chi connectivity index (χ2n) is 10.8. The summed E-state index contributed by atoms with van der Waals surface area (Å²) in [5.74, 6) is -1.29. The molecule has 0 radical (unpaired) electrons. The number of amides is 3. The van der Waals surface area contributed by atoms with Gasteiger partial charge in [0, 0.05) is 6.04 Å². The lowest BCUT2D eigenvalue weighted by Crippen LogP contribution is -2.56. The number of halogens is 1. The number of para-hydroxylation sites is 1. The molecule has 0 saturated heterocycles. The summed E-state index contributed by atoms with van der Waals surface area (Å²) in [6.45, 7) is 14.4. The molecule has 9 heteroatoms. The van der Waals surface area contributed by atoms with Crippen molar-refractivity contribution in [3.05, 3.63) is 58.6 Å². The summed E-state index contributed by atoms with van der Waals surface area (Å²) in [5, 5.41) is 16.2. The number of ether oxygens (including phenoxy) is 1. The zero-order chi connectivity index (χ0) is 28.8. The first-order valence-corrected chi connectivity index (χ1v) is 13.2. The quantitative estimate of drug-likeness (QED) is 0.347. The number of aromatic hydroxyl groups is 1. The lowest BCUT2D eigenvalue weighted by Gasteiger charge is -2.39. The molecule has 0 spiro atoms. The van der Waals surface area contributed by atoms with Gasteiger partial charge in [0.05, 0.1) is 10.7 Å². The van der Waals surface area contributed by atoms with E-state index in [-0.39, 0.29) is 11.7 Å². The molecular formula is C29H40ClN3O5. The molecule has 2 aromatic rings. The summed E-state index contributed by atoms with van der Waals surface area (Å²) in [4.78, 5) is 42.2.